The van der Waals surface area contributed by atoms with E-state index in [-0.39, 0.29) is 4.21 Å². The van der Waals surface area contributed by atoms with Crippen molar-refractivity contribution >= 4 is 37.3 Å². The van der Waals surface area contributed by atoms with E-state index < -0.39 is 15.6 Å². The van der Waals surface area contributed by atoms with E-state index in [0.29, 0.717) is 25.9 Å². The first-order chi connectivity index (χ1) is 9.28. The molecule has 0 aliphatic carbocycles. The summed E-state index contributed by atoms with van der Waals surface area (Å²) in [7, 11) is -1.68. The monoisotopic (exact) mass is 377 g/mol. The van der Waals surface area contributed by atoms with E-state index in [1.807, 2.05) is 14.0 Å². The van der Waals surface area contributed by atoms with E-state index in [4.69, 9.17) is 0 Å². The van der Waals surface area contributed by atoms with Crippen molar-refractivity contribution in [3.8, 4) is 6.07 Å². The number of likely N-dealkylation sites (tertiary alicyclic amines) is 1. The van der Waals surface area contributed by atoms with Crippen LogP contribution in [0.3, 0.4) is 0 Å². The number of piperidine rings is 1. The third-order valence-corrected chi connectivity index (χ3v) is 7.63. The number of aryl methyl sites for hydroxylation is 1. The molecule has 0 atom stereocenters. The topological polar surface area (TPSA) is 73.2 Å². The van der Waals surface area contributed by atoms with Gasteiger partial charge in [0.25, 0.3) is 10.0 Å². The fourth-order valence-electron chi connectivity index (χ4n) is 2.11. The Kier molecular flexibility index (Phi) is 4.56. The quantitative estimate of drug-likeness (QED) is 0.874. The summed E-state index contributed by atoms with van der Waals surface area (Å²) >= 11 is 4.49. The van der Waals surface area contributed by atoms with Gasteiger partial charge in [-0.3, -0.25) is 0 Å². The van der Waals surface area contributed by atoms with Gasteiger partial charge in [-0.1, -0.05) is 0 Å². The van der Waals surface area contributed by atoms with Crippen LogP contribution in [0, 0.1) is 18.3 Å². The van der Waals surface area contributed by atoms with Gasteiger partial charge in [0.1, 0.15) is 9.75 Å². The molecule has 0 spiro atoms. The van der Waals surface area contributed by atoms with Crippen LogP contribution in [0.15, 0.2) is 14.1 Å². The van der Waals surface area contributed by atoms with Crippen LogP contribution in [-0.4, -0.2) is 39.0 Å². The molecule has 0 saturated carbocycles. The molecular formula is C12H16BrN3O2S2. The maximum atomic E-state index is 12.4. The minimum absolute atomic E-state index is 0.246. The van der Waals surface area contributed by atoms with Crippen molar-refractivity contribution < 1.29 is 8.42 Å². The molecule has 1 fully saturated rings. The van der Waals surface area contributed by atoms with Crippen molar-refractivity contribution in [2.24, 2.45) is 0 Å². The van der Waals surface area contributed by atoms with Gasteiger partial charge in [-0.05, 0) is 54.4 Å². The average Bonchev–Trinajstić information content (AvgIpc) is 2.74. The normalized spacial score (nSPS) is 19.7. The molecule has 20 heavy (non-hydrogen) atoms. The number of halogens is 1. The largest absolute Gasteiger partial charge is 0.306 e. The van der Waals surface area contributed by atoms with E-state index in [9.17, 15) is 13.7 Å². The molecule has 0 radical (unpaired) electrons. The Morgan fingerprint density at radius 3 is 2.55 bits per heavy atom. The first-order valence-electron chi connectivity index (χ1n) is 6.18. The van der Waals surface area contributed by atoms with Crippen LogP contribution in [0.25, 0.3) is 0 Å². The van der Waals surface area contributed by atoms with Crippen molar-refractivity contribution in [2.45, 2.75) is 29.5 Å². The molecule has 0 amide bonds. The second-order valence-corrected chi connectivity index (χ2v) is 9.40. The molecule has 1 aromatic rings. The lowest BCUT2D eigenvalue weighted by molar-refractivity contribution is 0.213. The Balaban J connectivity index is 2.25. The van der Waals surface area contributed by atoms with Crippen LogP contribution >= 0.6 is 27.3 Å². The number of nitrogens with one attached hydrogen (secondary N) is 1. The first kappa shape index (κ1) is 15.9. The molecular weight excluding hydrogens is 362 g/mol. The summed E-state index contributed by atoms with van der Waals surface area (Å²) in [5, 5.41) is 9.40. The van der Waals surface area contributed by atoms with Gasteiger partial charge in [-0.25, -0.2) is 8.42 Å². The fraction of sp³-hybridized carbons (Fsp3) is 0.583. The van der Waals surface area contributed by atoms with Gasteiger partial charge in [-0.15, -0.1) is 11.3 Å². The predicted octanol–water partition coefficient (Wildman–Crippen LogP) is 2.09. The second-order valence-electron chi connectivity index (χ2n) is 5.12. The summed E-state index contributed by atoms with van der Waals surface area (Å²) in [4.78, 5) is 2.09. The number of thiophene rings is 1. The molecule has 110 valence electrons. The predicted molar refractivity (Wildman–Crippen MR) is 82.2 cm³/mol. The number of rotatable bonds is 3. The first-order valence-corrected chi connectivity index (χ1v) is 9.27. The van der Waals surface area contributed by atoms with Crippen molar-refractivity contribution in [1.29, 1.82) is 5.26 Å². The Morgan fingerprint density at radius 2 is 2.10 bits per heavy atom. The Morgan fingerprint density at radius 1 is 1.50 bits per heavy atom. The van der Waals surface area contributed by atoms with Crippen LogP contribution < -0.4 is 4.72 Å². The average molecular weight is 378 g/mol. The van der Waals surface area contributed by atoms with E-state index in [2.05, 4.69) is 31.6 Å². The Hall–Kier alpha value is -0.460. The minimum atomic E-state index is -3.65. The van der Waals surface area contributed by atoms with Gasteiger partial charge in [0.2, 0.25) is 0 Å². The zero-order chi connectivity index (χ0) is 15.0. The molecule has 5 nitrogen and oxygen atoms in total. The highest BCUT2D eigenvalue weighted by atomic mass is 79.9. The molecule has 1 saturated heterocycles. The van der Waals surface area contributed by atoms with Gasteiger partial charge in [-0.2, -0.15) is 9.98 Å². The second kappa shape index (κ2) is 5.73. The summed E-state index contributed by atoms with van der Waals surface area (Å²) in [6.45, 7) is 3.27. The molecule has 1 aliphatic heterocycles. The Labute approximate surface area is 131 Å². The third-order valence-electron chi connectivity index (χ3n) is 3.48. The number of nitrogens with zero attached hydrogens (tertiary/aromatic N) is 2. The van der Waals surface area contributed by atoms with Crippen LogP contribution in [0.2, 0.25) is 0 Å². The lowest BCUT2D eigenvalue weighted by Crippen LogP contribution is -2.53. The summed E-state index contributed by atoms with van der Waals surface area (Å²) in [6.07, 6.45) is 1.01. The van der Waals surface area contributed by atoms with E-state index >= 15 is 0 Å². The summed E-state index contributed by atoms with van der Waals surface area (Å²) in [6, 6.07) is 3.78. The van der Waals surface area contributed by atoms with Crippen LogP contribution in [0.1, 0.15) is 18.4 Å². The van der Waals surface area contributed by atoms with Gasteiger partial charge >= 0.3 is 0 Å². The lowest BCUT2D eigenvalue weighted by Gasteiger charge is -2.35. The summed E-state index contributed by atoms with van der Waals surface area (Å²) in [5.74, 6) is 0. The number of hydrogen-bond acceptors (Lipinski definition) is 5. The highest BCUT2D eigenvalue weighted by Crippen LogP contribution is 2.32. The smallest absolute Gasteiger partial charge is 0.251 e. The maximum Gasteiger partial charge on any atom is 0.251 e. The molecule has 2 rings (SSSR count). The molecule has 0 bridgehead atoms. The molecule has 8 heteroatoms. The molecule has 0 aromatic carbocycles. The van der Waals surface area contributed by atoms with Crippen molar-refractivity contribution in [2.75, 3.05) is 20.1 Å². The van der Waals surface area contributed by atoms with Crippen LogP contribution in [0.4, 0.5) is 0 Å². The third kappa shape index (κ3) is 3.23. The van der Waals surface area contributed by atoms with E-state index in [0.717, 1.165) is 9.35 Å². The molecule has 1 aromatic heterocycles. The van der Waals surface area contributed by atoms with E-state index in [1.54, 1.807) is 6.07 Å². The van der Waals surface area contributed by atoms with Gasteiger partial charge in [0.05, 0.1) is 9.86 Å². The lowest BCUT2D eigenvalue weighted by atomic mass is 9.91. The van der Waals surface area contributed by atoms with Crippen molar-refractivity contribution in [1.82, 2.24) is 9.62 Å². The molecule has 0 unspecified atom stereocenters. The summed E-state index contributed by atoms with van der Waals surface area (Å²) in [5.41, 5.74) is -0.111. The van der Waals surface area contributed by atoms with Crippen molar-refractivity contribution in [3.63, 3.8) is 0 Å². The minimum Gasteiger partial charge on any atom is -0.306 e. The van der Waals surface area contributed by atoms with Gasteiger partial charge in [0.15, 0.2) is 0 Å². The standard InChI is InChI=1S/C12H16BrN3O2S2/c1-9-7-10(19-11(9)13)20(17,18)15-12(8-14)3-5-16(2)6-4-12/h7,15H,3-6H2,1-2H3. The number of nitriles is 1. The maximum absolute atomic E-state index is 12.4. The molecule has 1 aliphatic rings. The van der Waals surface area contributed by atoms with Gasteiger partial charge < -0.3 is 4.90 Å². The molecule has 1 N–H and O–H groups in total. The van der Waals surface area contributed by atoms with Crippen LogP contribution in [0.5, 0.6) is 0 Å². The highest BCUT2D eigenvalue weighted by Gasteiger charge is 2.38. The highest BCUT2D eigenvalue weighted by molar-refractivity contribution is 9.11. The van der Waals surface area contributed by atoms with E-state index in [1.165, 1.54) is 11.3 Å². The number of hydrogen-bond donors (Lipinski definition) is 1. The SMILES string of the molecule is Cc1cc(S(=O)(=O)NC2(C#N)CCN(C)CC2)sc1Br. The van der Waals surface area contributed by atoms with Crippen molar-refractivity contribution in [3.05, 3.63) is 15.4 Å². The number of sulfonamides is 1. The molecule has 2 heterocycles. The summed E-state index contributed by atoms with van der Waals surface area (Å²) < 4.78 is 28.5. The zero-order valence-electron chi connectivity index (χ0n) is 11.3. The van der Waals surface area contributed by atoms with Crippen LogP contribution in [-0.2, 0) is 10.0 Å². The Bertz CT molecular complexity index is 621. The fourth-order valence-corrected chi connectivity index (χ4v) is 5.71. The van der Waals surface area contributed by atoms with Gasteiger partial charge in [0, 0.05) is 13.1 Å². The zero-order valence-corrected chi connectivity index (χ0v) is 14.5.